The van der Waals surface area contributed by atoms with Crippen molar-refractivity contribution in [1.82, 2.24) is 15.1 Å². The van der Waals surface area contributed by atoms with Crippen LogP contribution in [0, 0.1) is 5.82 Å². The summed E-state index contributed by atoms with van der Waals surface area (Å²) >= 11 is 0. The van der Waals surface area contributed by atoms with Crippen LogP contribution in [0.3, 0.4) is 0 Å². The van der Waals surface area contributed by atoms with Crippen molar-refractivity contribution in [1.29, 1.82) is 0 Å². The number of hydrogen-bond donors (Lipinski definition) is 2. The Morgan fingerprint density at radius 1 is 1.32 bits per heavy atom. The average molecular weight is 305 g/mol. The summed E-state index contributed by atoms with van der Waals surface area (Å²) in [5.41, 5.74) is 1.60. The van der Waals surface area contributed by atoms with Gasteiger partial charge in [0.1, 0.15) is 18.1 Å². The van der Waals surface area contributed by atoms with Gasteiger partial charge in [-0.1, -0.05) is 19.1 Å². The summed E-state index contributed by atoms with van der Waals surface area (Å²) in [7, 11) is 0. The molecule has 0 radical (unpaired) electrons. The van der Waals surface area contributed by atoms with E-state index in [4.69, 9.17) is 5.11 Å². The number of carboxylic acid groups (broad SMARTS) is 1. The lowest BCUT2D eigenvalue weighted by molar-refractivity contribution is -0.137. The fraction of sp³-hybridized carbons (Fsp3) is 0.267. The van der Waals surface area contributed by atoms with Crippen LogP contribution in [0.25, 0.3) is 0 Å². The smallest absolute Gasteiger partial charge is 0.323 e. The Morgan fingerprint density at radius 2 is 2.00 bits per heavy atom. The SMILES string of the molecule is CCc1cc(C(=O)N(CC(=O)O)Cc2ccc(F)cc2)n[nH]1. The quantitative estimate of drug-likeness (QED) is 0.852. The van der Waals surface area contributed by atoms with Gasteiger partial charge in [0.15, 0.2) is 0 Å². The van der Waals surface area contributed by atoms with E-state index in [1.54, 1.807) is 6.07 Å². The third kappa shape index (κ3) is 3.91. The first-order chi connectivity index (χ1) is 10.5. The monoisotopic (exact) mass is 305 g/mol. The maximum Gasteiger partial charge on any atom is 0.323 e. The third-order valence-corrected chi connectivity index (χ3v) is 3.13. The molecule has 0 bridgehead atoms. The van der Waals surface area contributed by atoms with Crippen LogP contribution in [0.2, 0.25) is 0 Å². The summed E-state index contributed by atoms with van der Waals surface area (Å²) in [5.74, 6) is -2.00. The van der Waals surface area contributed by atoms with E-state index in [0.717, 1.165) is 10.6 Å². The molecule has 2 aromatic rings. The van der Waals surface area contributed by atoms with Crippen molar-refractivity contribution in [2.45, 2.75) is 19.9 Å². The third-order valence-electron chi connectivity index (χ3n) is 3.13. The second-order valence-electron chi connectivity index (χ2n) is 4.81. The predicted molar refractivity (Wildman–Crippen MR) is 76.7 cm³/mol. The second-order valence-corrected chi connectivity index (χ2v) is 4.81. The molecule has 1 aromatic heterocycles. The van der Waals surface area contributed by atoms with Crippen molar-refractivity contribution in [3.8, 4) is 0 Å². The van der Waals surface area contributed by atoms with Crippen molar-refractivity contribution >= 4 is 11.9 Å². The highest BCUT2D eigenvalue weighted by Crippen LogP contribution is 2.11. The number of H-pyrrole nitrogens is 1. The fourth-order valence-electron chi connectivity index (χ4n) is 1.99. The van der Waals surface area contributed by atoms with Crippen LogP contribution in [-0.4, -0.2) is 38.6 Å². The molecule has 1 aromatic carbocycles. The molecular formula is C15H16FN3O3. The van der Waals surface area contributed by atoms with Crippen molar-refractivity contribution in [2.24, 2.45) is 0 Å². The lowest BCUT2D eigenvalue weighted by Crippen LogP contribution is -2.35. The zero-order valence-electron chi connectivity index (χ0n) is 12.0. The van der Waals surface area contributed by atoms with Crippen LogP contribution < -0.4 is 0 Å². The summed E-state index contributed by atoms with van der Waals surface area (Å²) in [4.78, 5) is 24.5. The van der Waals surface area contributed by atoms with Crippen LogP contribution in [0.4, 0.5) is 4.39 Å². The van der Waals surface area contributed by atoms with Crippen LogP contribution in [0.1, 0.15) is 28.7 Å². The number of benzene rings is 1. The minimum atomic E-state index is -1.12. The Morgan fingerprint density at radius 3 is 2.55 bits per heavy atom. The van der Waals surface area contributed by atoms with Gasteiger partial charge in [-0.3, -0.25) is 14.7 Å². The fourth-order valence-corrected chi connectivity index (χ4v) is 1.99. The second kappa shape index (κ2) is 6.84. The number of nitrogens with zero attached hydrogens (tertiary/aromatic N) is 2. The molecule has 0 aliphatic rings. The van der Waals surface area contributed by atoms with Crippen molar-refractivity contribution in [3.05, 3.63) is 53.1 Å². The molecule has 22 heavy (non-hydrogen) atoms. The molecule has 0 saturated heterocycles. The Hall–Kier alpha value is -2.70. The van der Waals surface area contributed by atoms with Gasteiger partial charge < -0.3 is 10.0 Å². The number of aliphatic carboxylic acids is 1. The minimum Gasteiger partial charge on any atom is -0.480 e. The largest absolute Gasteiger partial charge is 0.480 e. The molecule has 6 nitrogen and oxygen atoms in total. The number of carboxylic acids is 1. The lowest BCUT2D eigenvalue weighted by atomic mass is 10.2. The number of hydrogen-bond acceptors (Lipinski definition) is 3. The van der Waals surface area contributed by atoms with E-state index >= 15 is 0 Å². The van der Waals surface area contributed by atoms with Crippen LogP contribution in [-0.2, 0) is 17.8 Å². The van der Waals surface area contributed by atoms with E-state index in [1.807, 2.05) is 6.92 Å². The van der Waals surface area contributed by atoms with Gasteiger partial charge in [0.25, 0.3) is 5.91 Å². The molecule has 0 aliphatic heterocycles. The normalized spacial score (nSPS) is 10.5. The summed E-state index contributed by atoms with van der Waals surface area (Å²) in [5, 5.41) is 15.6. The van der Waals surface area contributed by atoms with Gasteiger partial charge in [-0.05, 0) is 30.2 Å². The molecule has 2 N–H and O–H groups in total. The molecule has 1 heterocycles. The molecule has 116 valence electrons. The zero-order chi connectivity index (χ0) is 16.1. The number of rotatable bonds is 6. The van der Waals surface area contributed by atoms with Gasteiger partial charge in [0.05, 0.1) is 0 Å². The Balaban J connectivity index is 2.19. The van der Waals surface area contributed by atoms with E-state index in [9.17, 15) is 14.0 Å². The molecule has 0 atom stereocenters. The van der Waals surface area contributed by atoms with Crippen molar-refractivity contribution in [2.75, 3.05) is 6.54 Å². The predicted octanol–water partition coefficient (Wildman–Crippen LogP) is 1.84. The van der Waals surface area contributed by atoms with E-state index in [-0.39, 0.29) is 18.1 Å². The van der Waals surface area contributed by atoms with Gasteiger partial charge in [-0.25, -0.2) is 4.39 Å². The number of aryl methyl sites for hydroxylation is 1. The molecular weight excluding hydrogens is 289 g/mol. The molecule has 0 spiro atoms. The molecule has 7 heteroatoms. The van der Waals surface area contributed by atoms with E-state index < -0.39 is 18.4 Å². The van der Waals surface area contributed by atoms with Gasteiger partial charge in [-0.2, -0.15) is 5.10 Å². The first-order valence-corrected chi connectivity index (χ1v) is 6.79. The lowest BCUT2D eigenvalue weighted by Gasteiger charge is -2.19. The number of amides is 1. The number of carbonyl (C=O) groups is 2. The minimum absolute atomic E-state index is 0.0692. The van der Waals surface area contributed by atoms with Gasteiger partial charge >= 0.3 is 5.97 Å². The number of carbonyl (C=O) groups excluding carboxylic acids is 1. The highest BCUT2D eigenvalue weighted by molar-refractivity contribution is 5.94. The molecule has 0 unspecified atom stereocenters. The number of halogens is 1. The highest BCUT2D eigenvalue weighted by atomic mass is 19.1. The van der Waals surface area contributed by atoms with Crippen LogP contribution in [0.5, 0.6) is 0 Å². The van der Waals surface area contributed by atoms with Crippen LogP contribution in [0.15, 0.2) is 30.3 Å². The number of nitrogens with one attached hydrogen (secondary N) is 1. The summed E-state index contributed by atoms with van der Waals surface area (Å²) in [6.45, 7) is 1.53. The first-order valence-electron chi connectivity index (χ1n) is 6.79. The first kappa shape index (κ1) is 15.7. The maximum atomic E-state index is 12.9. The topological polar surface area (TPSA) is 86.3 Å². The summed E-state index contributed by atoms with van der Waals surface area (Å²) in [6, 6.07) is 7.16. The Kier molecular flexibility index (Phi) is 4.88. The zero-order valence-corrected chi connectivity index (χ0v) is 12.0. The van der Waals surface area contributed by atoms with Crippen LogP contribution >= 0.6 is 0 Å². The van der Waals surface area contributed by atoms with Gasteiger partial charge in [-0.15, -0.1) is 0 Å². The molecule has 0 fully saturated rings. The Labute approximate surface area is 126 Å². The van der Waals surface area contributed by atoms with Crippen molar-refractivity contribution in [3.63, 3.8) is 0 Å². The molecule has 0 aliphatic carbocycles. The summed E-state index contributed by atoms with van der Waals surface area (Å²) in [6.07, 6.45) is 0.692. The average Bonchev–Trinajstić information content (AvgIpc) is 2.96. The van der Waals surface area contributed by atoms with E-state index in [2.05, 4.69) is 10.2 Å². The van der Waals surface area contributed by atoms with Gasteiger partial charge in [0.2, 0.25) is 0 Å². The molecule has 0 saturated carbocycles. The van der Waals surface area contributed by atoms with E-state index in [1.165, 1.54) is 24.3 Å². The van der Waals surface area contributed by atoms with Gasteiger partial charge in [0, 0.05) is 12.2 Å². The van der Waals surface area contributed by atoms with Crippen molar-refractivity contribution < 1.29 is 19.1 Å². The highest BCUT2D eigenvalue weighted by Gasteiger charge is 2.21. The number of aromatic amines is 1. The molecule has 2 rings (SSSR count). The van der Waals surface area contributed by atoms with E-state index in [0.29, 0.717) is 12.0 Å². The molecule has 1 amide bonds. The Bertz CT molecular complexity index is 667. The number of aromatic nitrogens is 2. The summed E-state index contributed by atoms with van der Waals surface area (Å²) < 4.78 is 12.9. The standard InChI is InChI=1S/C15H16FN3O3/c1-2-12-7-13(18-17-12)15(22)19(9-14(20)21)8-10-3-5-11(16)6-4-10/h3-7H,2,8-9H2,1H3,(H,17,18)(H,20,21). The maximum absolute atomic E-state index is 12.9.